The molecule has 0 saturated heterocycles. The molecule has 0 N–H and O–H groups in total. The molecule has 0 spiro atoms. The van der Waals surface area contributed by atoms with Gasteiger partial charge in [-0.25, -0.2) is 0 Å². The zero-order chi connectivity index (χ0) is 13.1. The molecular weight excluding hydrogens is 224 g/mol. The molecule has 0 aromatic carbocycles. The lowest BCUT2D eigenvalue weighted by atomic mass is 9.80. The third-order valence-electron chi connectivity index (χ3n) is 4.74. The van der Waals surface area contributed by atoms with Crippen molar-refractivity contribution in [1.29, 1.82) is 0 Å². The maximum absolute atomic E-state index is 6.36. The van der Waals surface area contributed by atoms with Gasteiger partial charge >= 0.3 is 0 Å². The summed E-state index contributed by atoms with van der Waals surface area (Å²) < 4.78 is 6.36. The van der Waals surface area contributed by atoms with Gasteiger partial charge in [-0.05, 0) is 42.8 Å². The molecule has 0 amide bonds. The van der Waals surface area contributed by atoms with E-state index < -0.39 is 8.32 Å². The summed E-state index contributed by atoms with van der Waals surface area (Å²) in [7, 11) is -1.57. The van der Waals surface area contributed by atoms with E-state index in [4.69, 9.17) is 4.43 Å². The Morgan fingerprint density at radius 1 is 1.24 bits per heavy atom. The van der Waals surface area contributed by atoms with Crippen LogP contribution in [0.2, 0.25) is 18.1 Å². The zero-order valence-corrected chi connectivity index (χ0v) is 13.4. The highest BCUT2D eigenvalue weighted by Gasteiger charge is 2.38. The van der Waals surface area contributed by atoms with E-state index in [0.717, 1.165) is 12.5 Å². The number of allylic oxidation sites excluding steroid dienone is 1. The van der Waals surface area contributed by atoms with Crippen LogP contribution in [0.3, 0.4) is 0 Å². The smallest absolute Gasteiger partial charge is 0.191 e. The van der Waals surface area contributed by atoms with E-state index in [1.807, 2.05) is 0 Å². The predicted molar refractivity (Wildman–Crippen MR) is 78.8 cm³/mol. The molecule has 1 nitrogen and oxygen atoms in total. The van der Waals surface area contributed by atoms with Crippen molar-refractivity contribution < 1.29 is 4.43 Å². The second kappa shape index (κ2) is 5.70. The van der Waals surface area contributed by atoms with E-state index >= 15 is 0 Å². The summed E-state index contributed by atoms with van der Waals surface area (Å²) >= 11 is 0. The third kappa shape index (κ3) is 3.96. The lowest BCUT2D eigenvalue weighted by Gasteiger charge is -2.39. The van der Waals surface area contributed by atoms with Gasteiger partial charge in [0.1, 0.15) is 0 Å². The molecule has 1 rings (SSSR count). The molecule has 1 saturated carbocycles. The standard InChI is InChI=1S/C15H30OSi/c1-7-13-10-8-9-11-14(13)12-16-17(5,6)15(2,3)4/h7,13-14H,1,8-12H2,2-6H3/t13-,14+/m1/s1. The molecule has 2 atom stereocenters. The Kier molecular flexibility index (Phi) is 5.03. The first-order valence-corrected chi connectivity index (χ1v) is 9.95. The van der Waals surface area contributed by atoms with Crippen molar-refractivity contribution in [2.75, 3.05) is 6.61 Å². The summed E-state index contributed by atoms with van der Waals surface area (Å²) in [6, 6.07) is 0. The van der Waals surface area contributed by atoms with Crippen molar-refractivity contribution in [2.24, 2.45) is 11.8 Å². The molecule has 1 fully saturated rings. The minimum atomic E-state index is -1.57. The van der Waals surface area contributed by atoms with Crippen LogP contribution >= 0.6 is 0 Å². The van der Waals surface area contributed by atoms with Crippen molar-refractivity contribution in [3.05, 3.63) is 12.7 Å². The Bertz CT molecular complexity index is 252. The maximum Gasteiger partial charge on any atom is 0.191 e. The van der Waals surface area contributed by atoms with Gasteiger partial charge in [0.15, 0.2) is 8.32 Å². The molecule has 17 heavy (non-hydrogen) atoms. The van der Waals surface area contributed by atoms with Gasteiger partial charge in [0.2, 0.25) is 0 Å². The minimum Gasteiger partial charge on any atom is -0.417 e. The summed E-state index contributed by atoms with van der Waals surface area (Å²) in [6.07, 6.45) is 7.53. The molecule has 0 bridgehead atoms. The van der Waals surface area contributed by atoms with Crippen LogP contribution < -0.4 is 0 Å². The Morgan fingerprint density at radius 3 is 2.35 bits per heavy atom. The van der Waals surface area contributed by atoms with Gasteiger partial charge in [-0.1, -0.05) is 39.7 Å². The van der Waals surface area contributed by atoms with Gasteiger partial charge in [0.25, 0.3) is 0 Å². The highest BCUT2D eigenvalue weighted by Crippen LogP contribution is 2.38. The number of hydrogen-bond donors (Lipinski definition) is 0. The first kappa shape index (κ1) is 15.0. The SMILES string of the molecule is C=C[C@@H]1CCCC[C@H]1CO[Si](C)(C)C(C)(C)C. The fourth-order valence-electron chi connectivity index (χ4n) is 2.29. The topological polar surface area (TPSA) is 9.23 Å². The van der Waals surface area contributed by atoms with Crippen LogP contribution in [-0.4, -0.2) is 14.9 Å². The van der Waals surface area contributed by atoms with Gasteiger partial charge in [-0.15, -0.1) is 6.58 Å². The molecule has 0 aromatic heterocycles. The van der Waals surface area contributed by atoms with E-state index in [9.17, 15) is 0 Å². The van der Waals surface area contributed by atoms with Crippen LogP contribution in [0.25, 0.3) is 0 Å². The Morgan fingerprint density at radius 2 is 1.82 bits per heavy atom. The summed E-state index contributed by atoms with van der Waals surface area (Å²) in [5.41, 5.74) is 0. The second-order valence-electron chi connectivity index (χ2n) is 7.02. The largest absolute Gasteiger partial charge is 0.417 e. The highest BCUT2D eigenvalue weighted by atomic mass is 28.4. The normalized spacial score (nSPS) is 26.9. The first-order chi connectivity index (χ1) is 7.78. The van der Waals surface area contributed by atoms with Crippen LogP contribution in [-0.2, 0) is 4.43 Å². The molecule has 2 heteroatoms. The van der Waals surface area contributed by atoms with E-state index in [-0.39, 0.29) is 0 Å². The van der Waals surface area contributed by atoms with Gasteiger partial charge in [-0.3, -0.25) is 0 Å². The highest BCUT2D eigenvalue weighted by molar-refractivity contribution is 6.74. The molecule has 0 aromatic rings. The fraction of sp³-hybridized carbons (Fsp3) is 0.867. The average molecular weight is 254 g/mol. The average Bonchev–Trinajstić information content (AvgIpc) is 2.25. The Balaban J connectivity index is 2.51. The molecule has 0 aliphatic heterocycles. The molecule has 0 unspecified atom stereocenters. The Labute approximate surface area is 109 Å². The Hall–Kier alpha value is -0.0831. The van der Waals surface area contributed by atoms with Gasteiger partial charge in [0.05, 0.1) is 0 Å². The summed E-state index contributed by atoms with van der Waals surface area (Å²) in [5.74, 6) is 1.41. The van der Waals surface area contributed by atoms with Crippen LogP contribution in [0.5, 0.6) is 0 Å². The molecule has 1 aliphatic carbocycles. The van der Waals surface area contributed by atoms with E-state index in [1.165, 1.54) is 25.7 Å². The van der Waals surface area contributed by atoms with Crippen molar-refractivity contribution >= 4 is 8.32 Å². The summed E-state index contributed by atoms with van der Waals surface area (Å²) in [4.78, 5) is 0. The first-order valence-electron chi connectivity index (χ1n) is 7.04. The minimum absolute atomic E-state index is 0.325. The van der Waals surface area contributed by atoms with Crippen molar-refractivity contribution in [3.8, 4) is 0 Å². The number of hydrogen-bond acceptors (Lipinski definition) is 1. The molecular formula is C15H30OSi. The van der Waals surface area contributed by atoms with E-state index in [2.05, 4.69) is 46.5 Å². The lowest BCUT2D eigenvalue weighted by molar-refractivity contribution is 0.162. The molecule has 1 aliphatic rings. The van der Waals surface area contributed by atoms with Crippen molar-refractivity contribution in [1.82, 2.24) is 0 Å². The van der Waals surface area contributed by atoms with Gasteiger partial charge in [-0.2, -0.15) is 0 Å². The lowest BCUT2D eigenvalue weighted by Crippen LogP contribution is -2.42. The van der Waals surface area contributed by atoms with Crippen LogP contribution in [0, 0.1) is 11.8 Å². The van der Waals surface area contributed by atoms with Crippen molar-refractivity contribution in [3.63, 3.8) is 0 Å². The summed E-state index contributed by atoms with van der Waals surface area (Å²) in [5, 5.41) is 0.325. The summed E-state index contributed by atoms with van der Waals surface area (Å²) in [6.45, 7) is 16.6. The quantitative estimate of drug-likeness (QED) is 0.507. The number of rotatable bonds is 4. The second-order valence-corrected chi connectivity index (χ2v) is 11.8. The van der Waals surface area contributed by atoms with Crippen LogP contribution in [0.1, 0.15) is 46.5 Å². The fourth-order valence-corrected chi connectivity index (χ4v) is 3.35. The van der Waals surface area contributed by atoms with Gasteiger partial charge in [0, 0.05) is 6.61 Å². The zero-order valence-electron chi connectivity index (χ0n) is 12.4. The van der Waals surface area contributed by atoms with E-state index in [0.29, 0.717) is 11.0 Å². The van der Waals surface area contributed by atoms with Crippen LogP contribution in [0.15, 0.2) is 12.7 Å². The molecule has 0 radical (unpaired) electrons. The molecule has 100 valence electrons. The molecule has 0 heterocycles. The van der Waals surface area contributed by atoms with Crippen LogP contribution in [0.4, 0.5) is 0 Å². The maximum atomic E-state index is 6.36. The van der Waals surface area contributed by atoms with E-state index in [1.54, 1.807) is 0 Å². The third-order valence-corrected chi connectivity index (χ3v) is 9.24. The van der Waals surface area contributed by atoms with Crippen molar-refractivity contribution in [2.45, 2.75) is 64.6 Å². The van der Waals surface area contributed by atoms with Gasteiger partial charge < -0.3 is 4.43 Å². The monoisotopic (exact) mass is 254 g/mol. The predicted octanol–water partition coefficient (Wildman–Crippen LogP) is 5.00.